The van der Waals surface area contributed by atoms with Crippen molar-refractivity contribution in [1.82, 2.24) is 0 Å². The van der Waals surface area contributed by atoms with Crippen LogP contribution in [-0.2, 0) is 78.5 Å². The SMILES string of the molecule is CCC[n+]1ccccc1.CCC[n+]1ccccc1.CCC[n+]1ccccc1.CCC[n+]1ccccc1.CCC[n+]1ccccc1.CCC[n+]1ccccc1.CCC[n+]1ccccc1.CCC[n+]1ccccc1.CCC[n+]1ccccc1.CCC[n+]1ccccc1.CCC[n+]1ccccc1.CCC[n+]1ccccc1.[O-]P([O-])F.[O-]P([O-])F.[O-]P([O-])F.[O-]P([O-])F.[O-]P([O-])F.[O-]P([O-])F. The monoisotopic (exact) mass is 1960 g/mol. The molecule has 0 aliphatic heterocycles. The Hall–Kier alpha value is -8.52. The molecule has 132 heavy (non-hydrogen) atoms. The molecule has 0 aromatic carbocycles. The van der Waals surface area contributed by atoms with Crippen LogP contribution in [0, 0.1) is 0 Å². The standard InChI is InChI=1S/12C8H12N.6FO2P/c12*1-2-6-9-7-4-3-5-8-9;6*1-4(2)3/h12*3-5,7-8H,2,6H2,1H3;;;;;;/q12*+1;6*-2. The number of rotatable bonds is 24. The molecule has 0 aliphatic carbocycles. The van der Waals surface area contributed by atoms with Crippen molar-refractivity contribution in [2.24, 2.45) is 0 Å². The van der Waals surface area contributed by atoms with Gasteiger partial charge in [0.15, 0.2) is 149 Å². The molecule has 12 heterocycles. The number of aryl methyl sites for hydroxylation is 12. The van der Waals surface area contributed by atoms with Gasteiger partial charge in [0.1, 0.15) is 78.5 Å². The smallest absolute Gasteiger partial charge is 0.168 e. The first kappa shape index (κ1) is 134. The lowest BCUT2D eigenvalue weighted by molar-refractivity contribution is -0.697. The van der Waals surface area contributed by atoms with Crippen molar-refractivity contribution in [2.45, 2.75) is 239 Å². The van der Waals surface area contributed by atoms with Crippen LogP contribution in [0.5, 0.6) is 0 Å². The molecule has 0 bridgehead atoms. The van der Waals surface area contributed by atoms with Crippen molar-refractivity contribution in [1.29, 1.82) is 0 Å². The van der Waals surface area contributed by atoms with Gasteiger partial charge in [-0.2, -0.15) is 0 Å². The fourth-order valence-electron chi connectivity index (χ4n) is 10.1. The van der Waals surface area contributed by atoms with E-state index in [1.165, 1.54) is 77.0 Å². The van der Waals surface area contributed by atoms with Crippen molar-refractivity contribution in [3.05, 3.63) is 367 Å². The zero-order valence-corrected chi connectivity index (χ0v) is 84.2. The number of pyridine rings is 12. The topological polar surface area (TPSA) is 323 Å². The number of hydrogen-bond acceptors (Lipinski definition) is 12. The highest BCUT2D eigenvalue weighted by Crippen LogP contribution is 2.10. The quantitative estimate of drug-likeness (QED) is 0.0310. The summed E-state index contributed by atoms with van der Waals surface area (Å²) < 4.78 is 85.9. The predicted molar refractivity (Wildman–Crippen MR) is 491 cm³/mol. The van der Waals surface area contributed by atoms with Gasteiger partial charge in [-0.1, -0.05) is 156 Å². The minimum atomic E-state index is -3.62. The third-order valence-electron chi connectivity index (χ3n) is 15.1. The van der Waals surface area contributed by atoms with Gasteiger partial charge in [0.25, 0.3) is 0 Å². The molecular weight excluding hydrogens is 1810 g/mol. The molecule has 0 radical (unpaired) electrons. The lowest BCUT2D eigenvalue weighted by Gasteiger charge is -2.14. The summed E-state index contributed by atoms with van der Waals surface area (Å²) in [6, 6.07) is 73.6. The Morgan fingerprint density at radius 1 is 0.121 bits per heavy atom. The lowest BCUT2D eigenvalue weighted by atomic mass is 10.4. The number of halogens is 6. The maximum atomic E-state index is 9.95. The van der Waals surface area contributed by atoms with Gasteiger partial charge >= 0.3 is 0 Å². The average molecular weight is 1960 g/mol. The summed E-state index contributed by atoms with van der Waals surface area (Å²) in [5.74, 6) is 0. The van der Waals surface area contributed by atoms with E-state index in [-0.39, 0.29) is 0 Å². The molecule has 0 fully saturated rings. The van der Waals surface area contributed by atoms with Gasteiger partial charge < -0.3 is 58.7 Å². The van der Waals surface area contributed by atoms with Gasteiger partial charge in [-0.15, -0.1) is 52.1 Å². The van der Waals surface area contributed by atoms with Gasteiger partial charge in [0.05, 0.1) is 0 Å². The second-order valence-corrected chi connectivity index (χ2v) is 29.2. The lowest BCUT2D eigenvalue weighted by Crippen LogP contribution is -2.31. The first-order valence-electron chi connectivity index (χ1n) is 43.7. The summed E-state index contributed by atoms with van der Waals surface area (Å²) in [6.07, 6.45) is 64.5. The van der Waals surface area contributed by atoms with Crippen LogP contribution in [0.15, 0.2) is 367 Å². The van der Waals surface area contributed by atoms with Gasteiger partial charge in [-0.25, -0.2) is 54.8 Å². The second-order valence-electron chi connectivity index (χ2n) is 26.6. The summed E-state index contributed by atoms with van der Waals surface area (Å²) in [5.41, 5.74) is 0. The molecule has 0 spiro atoms. The first-order chi connectivity index (χ1) is 63.6. The van der Waals surface area contributed by atoms with Crippen LogP contribution >= 0.6 is 52.1 Å². The minimum Gasteiger partial charge on any atom is -0.816 e. The highest BCUT2D eigenvalue weighted by atomic mass is 31.2. The molecule has 0 saturated carbocycles. The molecule has 24 nitrogen and oxygen atoms in total. The van der Waals surface area contributed by atoms with Crippen LogP contribution in [0.2, 0.25) is 0 Å². The molecule has 0 unspecified atom stereocenters. The zero-order valence-electron chi connectivity index (χ0n) is 78.8. The van der Waals surface area contributed by atoms with Crippen molar-refractivity contribution in [2.75, 3.05) is 0 Å². The molecule has 0 amide bonds. The van der Waals surface area contributed by atoms with E-state index < -0.39 is 52.1 Å². The Balaban J connectivity index is -0.000000321. The van der Waals surface area contributed by atoms with E-state index in [2.05, 4.69) is 432 Å². The minimum absolute atomic E-state index is 1.13. The predicted octanol–water partition coefficient (Wildman–Crippen LogP) is 10.0. The number of hydrogen-bond donors (Lipinski definition) is 0. The molecule has 0 saturated heterocycles. The fourth-order valence-corrected chi connectivity index (χ4v) is 10.1. The van der Waals surface area contributed by atoms with Crippen LogP contribution in [0.4, 0.5) is 25.2 Å². The van der Waals surface area contributed by atoms with E-state index in [0.29, 0.717) is 0 Å². The van der Waals surface area contributed by atoms with Crippen LogP contribution in [0.3, 0.4) is 0 Å². The van der Waals surface area contributed by atoms with E-state index in [0.717, 1.165) is 78.5 Å². The van der Waals surface area contributed by atoms with Crippen LogP contribution in [0.25, 0.3) is 0 Å². The van der Waals surface area contributed by atoms with Crippen LogP contribution in [0.1, 0.15) is 160 Å². The first-order valence-corrected chi connectivity index (χ1v) is 50.1. The van der Waals surface area contributed by atoms with Gasteiger partial charge in [-0.05, 0) is 0 Å². The van der Waals surface area contributed by atoms with E-state index in [9.17, 15) is 25.2 Å². The summed E-state index contributed by atoms with van der Waals surface area (Å²) in [4.78, 5) is 100. The Labute approximate surface area is 792 Å². The number of aromatic nitrogens is 12. The second kappa shape index (κ2) is 108. The van der Waals surface area contributed by atoms with E-state index >= 15 is 0 Å². The van der Waals surface area contributed by atoms with Crippen LogP contribution < -0.4 is 114 Å². The molecule has 12 rings (SSSR count). The molecule has 12 aromatic rings. The maximum absolute atomic E-state index is 9.95. The maximum Gasteiger partial charge on any atom is 0.168 e. The highest BCUT2D eigenvalue weighted by Gasteiger charge is 2.00. The highest BCUT2D eigenvalue weighted by molar-refractivity contribution is 7.36. The van der Waals surface area contributed by atoms with Crippen molar-refractivity contribution in [3.63, 3.8) is 0 Å². The summed E-state index contributed by atoms with van der Waals surface area (Å²) in [5, 5.41) is 0. The molecule has 0 atom stereocenters. The fraction of sp³-hybridized carbons (Fsp3) is 0.375. The zero-order chi connectivity index (χ0) is 99.8. The molecule has 0 N–H and O–H groups in total. The van der Waals surface area contributed by atoms with Gasteiger partial charge in [0, 0.05) is 223 Å². The Bertz CT molecular complexity index is 3170. The third kappa shape index (κ3) is 116. The van der Waals surface area contributed by atoms with E-state index in [1.54, 1.807) is 0 Å². The average Bonchev–Trinajstić information content (AvgIpc) is 1.07. The Morgan fingerprint density at radius 2 is 0.167 bits per heavy atom. The molecule has 12 aromatic heterocycles. The van der Waals surface area contributed by atoms with E-state index in [1.807, 2.05) is 72.8 Å². The van der Waals surface area contributed by atoms with Crippen molar-refractivity contribution < 1.29 is 139 Å². The van der Waals surface area contributed by atoms with Gasteiger partial charge in [-0.3, -0.25) is 25.2 Å². The van der Waals surface area contributed by atoms with Crippen molar-refractivity contribution >= 4 is 52.1 Å². The normalized spacial score (nSPS) is 9.36. The van der Waals surface area contributed by atoms with Gasteiger partial charge in [0.2, 0.25) is 0 Å². The van der Waals surface area contributed by atoms with Crippen molar-refractivity contribution in [3.8, 4) is 0 Å². The molecule has 732 valence electrons. The summed E-state index contributed by atoms with van der Waals surface area (Å²) >= 11 is 0. The summed E-state index contributed by atoms with van der Waals surface area (Å²) in [7, 11) is -21.7. The Kier molecular flexibility index (Phi) is 110. The Morgan fingerprint density at radius 3 is 0.205 bits per heavy atom. The summed E-state index contributed by atoms with van der Waals surface area (Å²) in [6.45, 7) is 39.7. The van der Waals surface area contributed by atoms with E-state index in [4.69, 9.17) is 58.7 Å². The van der Waals surface area contributed by atoms with Crippen LogP contribution in [-0.4, -0.2) is 0 Å². The molecule has 36 heteroatoms. The molecule has 0 aliphatic rings. The largest absolute Gasteiger partial charge is 0.816 e. The third-order valence-corrected chi connectivity index (χ3v) is 15.1. The molecular formula is C96H144F6N12O12P6. The number of nitrogens with zero attached hydrogens (tertiary/aromatic N) is 12.